The van der Waals surface area contributed by atoms with E-state index in [-0.39, 0.29) is 12.2 Å². The van der Waals surface area contributed by atoms with Crippen LogP contribution in [-0.4, -0.2) is 22.3 Å². The Bertz CT molecular complexity index is 99.0. The first kappa shape index (κ1) is 9.59. The van der Waals surface area contributed by atoms with Crippen molar-refractivity contribution < 1.29 is 15.0 Å². The van der Waals surface area contributed by atoms with Crippen LogP contribution in [0.5, 0.6) is 0 Å². The number of carbonyl (C=O) groups is 1. The number of rotatable bonds is 5. The highest BCUT2D eigenvalue weighted by Crippen LogP contribution is 1.99. The molecular formula is C7H14O3. The van der Waals surface area contributed by atoms with Gasteiger partial charge >= 0.3 is 0 Å². The molecule has 0 aromatic heterocycles. The van der Waals surface area contributed by atoms with Gasteiger partial charge in [0.2, 0.25) is 0 Å². The summed E-state index contributed by atoms with van der Waals surface area (Å²) in [5, 5.41) is 16.7. The van der Waals surface area contributed by atoms with Gasteiger partial charge in [-0.2, -0.15) is 0 Å². The van der Waals surface area contributed by atoms with Gasteiger partial charge in [0, 0.05) is 6.42 Å². The summed E-state index contributed by atoms with van der Waals surface area (Å²) in [4.78, 5) is 10.7. The Morgan fingerprint density at radius 1 is 1.50 bits per heavy atom. The largest absolute Gasteiger partial charge is 0.368 e. The maximum absolute atomic E-state index is 10.7. The van der Waals surface area contributed by atoms with Crippen molar-refractivity contribution in [2.45, 2.75) is 38.9 Å². The minimum Gasteiger partial charge on any atom is -0.368 e. The van der Waals surface area contributed by atoms with Gasteiger partial charge in [-0.15, -0.1) is 0 Å². The predicted octanol–water partition coefficient (Wildman–Crippen LogP) is 0.446. The number of carbonyl (C=O) groups excluding carboxylic acids is 1. The second kappa shape index (κ2) is 5.38. The highest BCUT2D eigenvalue weighted by molar-refractivity contribution is 5.78. The summed E-state index contributed by atoms with van der Waals surface area (Å²) in [7, 11) is 0. The number of aliphatic hydroxyl groups excluding tert-OH is 1. The molecule has 0 atom stereocenters. The van der Waals surface area contributed by atoms with Crippen LogP contribution in [0, 0.1) is 0 Å². The van der Waals surface area contributed by atoms with E-state index in [1.54, 1.807) is 0 Å². The second-order valence-electron chi connectivity index (χ2n) is 2.33. The minimum absolute atomic E-state index is 0.0724. The molecule has 0 saturated carbocycles. The number of Topliss-reactive ketones (excluding diaryl/α,β-unsaturated/α-hetero) is 1. The topological polar surface area (TPSA) is 57.5 Å². The Kier molecular flexibility index (Phi) is 5.16. The first-order valence-corrected chi connectivity index (χ1v) is 3.54. The Morgan fingerprint density at radius 2 is 2.10 bits per heavy atom. The molecule has 0 aliphatic carbocycles. The van der Waals surface area contributed by atoms with Gasteiger partial charge in [-0.1, -0.05) is 13.3 Å². The first-order valence-electron chi connectivity index (χ1n) is 3.54. The van der Waals surface area contributed by atoms with E-state index in [4.69, 9.17) is 10.2 Å². The van der Waals surface area contributed by atoms with Crippen LogP contribution < -0.4 is 0 Å². The molecule has 0 bridgehead atoms. The molecule has 0 aromatic carbocycles. The van der Waals surface area contributed by atoms with Gasteiger partial charge in [-0.3, -0.25) is 4.79 Å². The molecule has 3 nitrogen and oxygen atoms in total. The molecule has 0 radical (unpaired) electrons. The lowest BCUT2D eigenvalue weighted by molar-refractivity contribution is -0.127. The van der Waals surface area contributed by atoms with Crippen molar-refractivity contribution in [1.29, 1.82) is 0 Å². The quantitative estimate of drug-likeness (QED) is 0.553. The maximum atomic E-state index is 10.7. The molecule has 0 aliphatic rings. The highest BCUT2D eigenvalue weighted by Gasteiger charge is 2.05. The lowest BCUT2D eigenvalue weighted by atomic mass is 10.1. The third-order valence-electron chi connectivity index (χ3n) is 1.22. The molecule has 0 heterocycles. The summed E-state index contributed by atoms with van der Waals surface area (Å²) in [6.45, 7) is 1.99. The van der Waals surface area contributed by atoms with E-state index in [1.165, 1.54) is 0 Å². The van der Waals surface area contributed by atoms with Crippen LogP contribution in [0.2, 0.25) is 0 Å². The number of aliphatic hydroxyl groups is 2. The SMILES string of the molecule is CCCCC(=O)CC(O)O. The van der Waals surface area contributed by atoms with E-state index in [0.717, 1.165) is 12.8 Å². The third-order valence-corrected chi connectivity index (χ3v) is 1.22. The van der Waals surface area contributed by atoms with Crippen LogP contribution in [0.1, 0.15) is 32.6 Å². The van der Waals surface area contributed by atoms with Gasteiger partial charge in [-0.25, -0.2) is 0 Å². The lowest BCUT2D eigenvalue weighted by Crippen LogP contribution is -2.11. The molecule has 10 heavy (non-hydrogen) atoms. The fraction of sp³-hybridized carbons (Fsp3) is 0.857. The first-order chi connectivity index (χ1) is 4.66. The number of hydrogen-bond donors (Lipinski definition) is 2. The van der Waals surface area contributed by atoms with Crippen molar-refractivity contribution in [3.05, 3.63) is 0 Å². The monoisotopic (exact) mass is 146 g/mol. The highest BCUT2D eigenvalue weighted by atomic mass is 16.5. The van der Waals surface area contributed by atoms with Gasteiger partial charge in [0.25, 0.3) is 0 Å². The van der Waals surface area contributed by atoms with Crippen molar-refractivity contribution >= 4 is 5.78 Å². The number of ketones is 1. The molecule has 0 saturated heterocycles. The molecule has 60 valence electrons. The Balaban J connectivity index is 3.26. The summed E-state index contributed by atoms with van der Waals surface area (Å²) < 4.78 is 0. The average Bonchev–Trinajstić information content (AvgIpc) is 1.82. The molecular weight excluding hydrogens is 132 g/mol. The van der Waals surface area contributed by atoms with Gasteiger partial charge in [0.1, 0.15) is 5.78 Å². The average molecular weight is 146 g/mol. The van der Waals surface area contributed by atoms with Crippen molar-refractivity contribution in [3.8, 4) is 0 Å². The summed E-state index contributed by atoms with van der Waals surface area (Å²) in [6.07, 6.45) is 0.678. The van der Waals surface area contributed by atoms with Gasteiger partial charge < -0.3 is 10.2 Å². The molecule has 0 fully saturated rings. The normalized spacial score (nSPS) is 10.4. The van der Waals surface area contributed by atoms with Crippen LogP contribution in [-0.2, 0) is 4.79 Å². The number of hydrogen-bond acceptors (Lipinski definition) is 3. The minimum atomic E-state index is -1.47. The van der Waals surface area contributed by atoms with Crippen molar-refractivity contribution in [2.75, 3.05) is 0 Å². The van der Waals surface area contributed by atoms with Crippen LogP contribution >= 0.6 is 0 Å². The molecule has 2 N–H and O–H groups in total. The Labute approximate surface area is 60.7 Å². The van der Waals surface area contributed by atoms with E-state index in [9.17, 15) is 4.79 Å². The van der Waals surface area contributed by atoms with Gasteiger partial charge in [0.15, 0.2) is 6.29 Å². The van der Waals surface area contributed by atoms with Crippen LogP contribution in [0.25, 0.3) is 0 Å². The zero-order valence-corrected chi connectivity index (χ0v) is 6.21. The summed E-state index contributed by atoms with van der Waals surface area (Å²) in [5.41, 5.74) is 0. The maximum Gasteiger partial charge on any atom is 0.158 e. The molecule has 0 spiro atoms. The van der Waals surface area contributed by atoms with Crippen molar-refractivity contribution in [2.24, 2.45) is 0 Å². The van der Waals surface area contributed by atoms with E-state index >= 15 is 0 Å². The summed E-state index contributed by atoms with van der Waals surface area (Å²) in [5.74, 6) is -0.0724. The van der Waals surface area contributed by atoms with E-state index < -0.39 is 6.29 Å². The van der Waals surface area contributed by atoms with E-state index in [0.29, 0.717) is 6.42 Å². The molecule has 0 aromatic rings. The zero-order chi connectivity index (χ0) is 7.98. The third kappa shape index (κ3) is 5.72. The second-order valence-corrected chi connectivity index (χ2v) is 2.33. The van der Waals surface area contributed by atoms with Crippen LogP contribution in [0.15, 0.2) is 0 Å². The molecule has 3 heteroatoms. The molecule has 0 unspecified atom stereocenters. The zero-order valence-electron chi connectivity index (χ0n) is 6.21. The Hall–Kier alpha value is -0.410. The fourth-order valence-electron chi connectivity index (χ4n) is 0.680. The van der Waals surface area contributed by atoms with Crippen LogP contribution in [0.3, 0.4) is 0 Å². The van der Waals surface area contributed by atoms with Gasteiger partial charge in [0.05, 0.1) is 6.42 Å². The van der Waals surface area contributed by atoms with Crippen molar-refractivity contribution in [3.63, 3.8) is 0 Å². The standard InChI is InChI=1S/C7H14O3/c1-2-3-4-6(8)5-7(9)10/h7,9-10H,2-5H2,1H3. The molecule has 0 rings (SSSR count). The lowest BCUT2D eigenvalue weighted by Gasteiger charge is -2.00. The smallest absolute Gasteiger partial charge is 0.158 e. The van der Waals surface area contributed by atoms with Gasteiger partial charge in [-0.05, 0) is 6.42 Å². The number of unbranched alkanes of at least 4 members (excludes halogenated alkanes) is 1. The van der Waals surface area contributed by atoms with Crippen LogP contribution in [0.4, 0.5) is 0 Å². The van der Waals surface area contributed by atoms with Crippen molar-refractivity contribution in [1.82, 2.24) is 0 Å². The van der Waals surface area contributed by atoms with E-state index in [1.807, 2.05) is 6.92 Å². The summed E-state index contributed by atoms with van der Waals surface area (Å²) >= 11 is 0. The molecule has 0 amide bonds. The predicted molar refractivity (Wildman–Crippen MR) is 37.4 cm³/mol. The molecule has 0 aliphatic heterocycles. The summed E-state index contributed by atoms with van der Waals surface area (Å²) in [6, 6.07) is 0. The van der Waals surface area contributed by atoms with E-state index in [2.05, 4.69) is 0 Å². The Morgan fingerprint density at radius 3 is 2.50 bits per heavy atom. The fourth-order valence-corrected chi connectivity index (χ4v) is 0.680.